The molecule has 0 saturated heterocycles. The minimum absolute atomic E-state index is 0.864. The number of hydrogen-bond acceptors (Lipinski definition) is 5. The lowest BCUT2D eigenvalue weighted by molar-refractivity contribution is -0.147. The van der Waals surface area contributed by atoms with Gasteiger partial charge < -0.3 is 25.3 Å². The number of amides is 1. The van der Waals surface area contributed by atoms with E-state index < -0.39 is 44.7 Å². The lowest BCUT2D eigenvalue weighted by Gasteiger charge is -2.12. The van der Waals surface area contributed by atoms with Gasteiger partial charge in [-0.1, -0.05) is 0 Å². The third-order valence-electron chi connectivity index (χ3n) is 1.38. The highest BCUT2D eigenvalue weighted by Crippen LogP contribution is 2.35. The Hall–Kier alpha value is -1.48. The summed E-state index contributed by atoms with van der Waals surface area (Å²) in [6.45, 7) is -1.08. The zero-order valence-electron chi connectivity index (χ0n) is 8.27. The summed E-state index contributed by atoms with van der Waals surface area (Å²) >= 11 is 0. The maximum atomic E-state index is 11.0. The van der Waals surface area contributed by atoms with Gasteiger partial charge in [-0.05, 0) is 0 Å². The molecule has 5 N–H and O–H groups in total. The molecule has 0 radical (unpaired) electrons. The summed E-state index contributed by atoms with van der Waals surface area (Å²) in [5.74, 6) is -4.19. The molecule has 1 amide bonds. The van der Waals surface area contributed by atoms with Crippen molar-refractivity contribution in [3.05, 3.63) is 0 Å². The minimum Gasteiger partial charge on any atom is -0.481 e. The Bertz CT molecular complexity index is 360. The van der Waals surface area contributed by atoms with Gasteiger partial charge in [0.1, 0.15) is 12.6 Å². The Morgan fingerprint density at radius 3 is 2.12 bits per heavy atom. The average Bonchev–Trinajstić information content (AvgIpc) is 2.11. The first kappa shape index (κ1) is 15.5. The number of carboxylic acids is 2. The average molecular weight is 271 g/mol. The molecule has 0 saturated carbocycles. The van der Waals surface area contributed by atoms with Gasteiger partial charge in [0.05, 0.1) is 6.42 Å². The number of phosphoric acid groups is 1. The number of carbonyl (C=O) groups excluding carboxylic acids is 1. The number of phosphoric ester groups is 1. The Kier molecular flexibility index (Phi) is 5.75. The number of hydrogen-bond donors (Lipinski definition) is 5. The molecule has 0 aliphatic rings. The second-order valence-corrected chi connectivity index (χ2v) is 4.06. The van der Waals surface area contributed by atoms with E-state index in [-0.39, 0.29) is 0 Å². The van der Waals surface area contributed by atoms with E-state index in [1.165, 1.54) is 0 Å². The van der Waals surface area contributed by atoms with Gasteiger partial charge in [0.2, 0.25) is 5.91 Å². The quantitative estimate of drug-likeness (QED) is 0.333. The van der Waals surface area contributed by atoms with Gasteiger partial charge in [-0.15, -0.1) is 0 Å². The molecule has 11 heteroatoms. The SMILES string of the molecule is O=C(O)C[C@H](NC(=O)COP(=O)(O)O)C(=O)O. The van der Waals surface area contributed by atoms with Crippen LogP contribution in [0.3, 0.4) is 0 Å². The zero-order chi connectivity index (χ0) is 13.6. The predicted molar refractivity (Wildman–Crippen MR) is 49.8 cm³/mol. The minimum atomic E-state index is -4.84. The third-order valence-corrected chi connectivity index (χ3v) is 1.84. The highest BCUT2D eigenvalue weighted by molar-refractivity contribution is 7.46. The Morgan fingerprint density at radius 2 is 1.76 bits per heavy atom. The van der Waals surface area contributed by atoms with Gasteiger partial charge in [-0.2, -0.15) is 0 Å². The first-order valence-electron chi connectivity index (χ1n) is 4.06. The molecule has 0 spiro atoms. The van der Waals surface area contributed by atoms with Crippen molar-refractivity contribution < 1.29 is 43.5 Å². The first-order valence-corrected chi connectivity index (χ1v) is 5.59. The highest BCUT2D eigenvalue weighted by Gasteiger charge is 2.24. The fourth-order valence-corrected chi connectivity index (χ4v) is 1.04. The Morgan fingerprint density at radius 1 is 1.24 bits per heavy atom. The molecule has 0 aliphatic carbocycles. The van der Waals surface area contributed by atoms with Gasteiger partial charge in [-0.25, -0.2) is 9.36 Å². The van der Waals surface area contributed by atoms with Gasteiger partial charge in [0.15, 0.2) is 0 Å². The van der Waals surface area contributed by atoms with Crippen LogP contribution in [0.4, 0.5) is 0 Å². The van der Waals surface area contributed by atoms with Gasteiger partial charge in [0.25, 0.3) is 0 Å². The molecular weight excluding hydrogens is 261 g/mol. The molecule has 0 aliphatic heterocycles. The second kappa shape index (κ2) is 6.30. The largest absolute Gasteiger partial charge is 0.481 e. The number of aliphatic carboxylic acids is 2. The van der Waals surface area contributed by atoms with E-state index in [2.05, 4.69) is 4.52 Å². The van der Waals surface area contributed by atoms with E-state index in [1.807, 2.05) is 0 Å². The molecule has 0 aromatic carbocycles. The van der Waals surface area contributed by atoms with Crippen LogP contribution in [0.2, 0.25) is 0 Å². The summed E-state index contributed by atoms with van der Waals surface area (Å²) in [5.41, 5.74) is 0. The topological polar surface area (TPSA) is 170 Å². The van der Waals surface area contributed by atoms with Crippen molar-refractivity contribution >= 4 is 25.7 Å². The van der Waals surface area contributed by atoms with Crippen molar-refractivity contribution in [2.45, 2.75) is 12.5 Å². The molecule has 10 nitrogen and oxygen atoms in total. The first-order chi connectivity index (χ1) is 7.61. The monoisotopic (exact) mass is 271 g/mol. The van der Waals surface area contributed by atoms with E-state index in [4.69, 9.17) is 20.0 Å². The maximum Gasteiger partial charge on any atom is 0.470 e. The van der Waals surface area contributed by atoms with Crippen molar-refractivity contribution in [2.24, 2.45) is 0 Å². The van der Waals surface area contributed by atoms with Crippen LogP contribution in [-0.4, -0.2) is 50.5 Å². The zero-order valence-corrected chi connectivity index (χ0v) is 9.16. The normalized spacial score (nSPS) is 12.8. The fourth-order valence-electron chi connectivity index (χ4n) is 0.753. The van der Waals surface area contributed by atoms with Gasteiger partial charge >= 0.3 is 19.8 Å². The molecule has 0 rings (SSSR count). The van der Waals surface area contributed by atoms with Crippen molar-refractivity contribution in [1.82, 2.24) is 5.32 Å². The maximum absolute atomic E-state index is 11.0. The van der Waals surface area contributed by atoms with Crippen LogP contribution in [0.25, 0.3) is 0 Å². The summed E-state index contributed by atoms with van der Waals surface area (Å²) in [5, 5.41) is 18.6. The van der Waals surface area contributed by atoms with Crippen LogP contribution in [0.1, 0.15) is 6.42 Å². The third kappa shape index (κ3) is 8.34. The van der Waals surface area contributed by atoms with Crippen molar-refractivity contribution in [1.29, 1.82) is 0 Å². The van der Waals surface area contributed by atoms with E-state index >= 15 is 0 Å². The van der Waals surface area contributed by atoms with E-state index in [0.717, 1.165) is 0 Å². The molecule has 0 aromatic heterocycles. The Labute approximate surface area is 94.4 Å². The summed E-state index contributed by atoms with van der Waals surface area (Å²) < 4.78 is 14.0. The van der Waals surface area contributed by atoms with E-state index in [0.29, 0.717) is 0 Å². The van der Waals surface area contributed by atoms with Gasteiger partial charge in [-0.3, -0.25) is 14.1 Å². The van der Waals surface area contributed by atoms with Crippen molar-refractivity contribution in [3.63, 3.8) is 0 Å². The predicted octanol–water partition coefficient (Wildman–Crippen LogP) is -1.86. The number of rotatable bonds is 7. The second-order valence-electron chi connectivity index (χ2n) is 2.82. The molecule has 17 heavy (non-hydrogen) atoms. The molecule has 0 heterocycles. The van der Waals surface area contributed by atoms with Crippen LogP contribution in [0.15, 0.2) is 0 Å². The van der Waals surface area contributed by atoms with Gasteiger partial charge in [0, 0.05) is 0 Å². The number of carboxylic acid groups (broad SMARTS) is 2. The molecule has 1 atom stereocenters. The smallest absolute Gasteiger partial charge is 0.470 e. The van der Waals surface area contributed by atoms with E-state index in [9.17, 15) is 18.9 Å². The van der Waals surface area contributed by atoms with Crippen LogP contribution >= 0.6 is 7.82 Å². The summed E-state index contributed by atoms with van der Waals surface area (Å²) in [4.78, 5) is 48.2. The molecule has 0 aromatic rings. The molecular formula is C6H10NO9P. The Balaban J connectivity index is 4.27. The fraction of sp³-hybridized carbons (Fsp3) is 0.500. The molecule has 0 unspecified atom stereocenters. The molecule has 0 fully saturated rings. The standard InChI is InChI=1S/C6H10NO9P/c8-4(2-16-17(13,14)15)7-3(6(11)12)1-5(9)10/h3H,1-2H2,(H,7,8)(H,9,10)(H,11,12)(H2,13,14,15)/t3-/m0/s1. The van der Waals surface area contributed by atoms with E-state index in [1.54, 1.807) is 5.32 Å². The van der Waals surface area contributed by atoms with Crippen LogP contribution in [0.5, 0.6) is 0 Å². The lowest BCUT2D eigenvalue weighted by Crippen LogP contribution is -2.43. The lowest BCUT2D eigenvalue weighted by atomic mass is 10.2. The molecule has 0 bridgehead atoms. The number of nitrogens with one attached hydrogen (secondary N) is 1. The molecule has 98 valence electrons. The summed E-state index contributed by atoms with van der Waals surface area (Å²) in [6.07, 6.45) is -0.864. The van der Waals surface area contributed by atoms with Crippen molar-refractivity contribution in [2.75, 3.05) is 6.61 Å². The van der Waals surface area contributed by atoms with Crippen LogP contribution in [-0.2, 0) is 23.5 Å². The summed E-state index contributed by atoms with van der Waals surface area (Å²) in [6, 6.07) is -1.69. The van der Waals surface area contributed by atoms with Crippen LogP contribution < -0.4 is 5.32 Å². The van der Waals surface area contributed by atoms with Crippen molar-refractivity contribution in [3.8, 4) is 0 Å². The summed E-state index contributed by atoms with van der Waals surface area (Å²) in [7, 11) is -4.84. The highest BCUT2D eigenvalue weighted by atomic mass is 31.2. The van der Waals surface area contributed by atoms with Crippen LogP contribution in [0, 0.1) is 0 Å². The number of carbonyl (C=O) groups is 3.